The van der Waals surface area contributed by atoms with E-state index in [-0.39, 0.29) is 11.6 Å². The second-order valence-corrected chi connectivity index (χ2v) is 5.29. The largest absolute Gasteiger partial charge is 0.448 e. The van der Waals surface area contributed by atoms with Gasteiger partial charge in [0.05, 0.1) is 0 Å². The highest BCUT2D eigenvalue weighted by atomic mass is 16.3. The first-order chi connectivity index (χ1) is 9.59. The molecule has 110 valence electrons. The zero-order chi connectivity index (χ0) is 14.6. The van der Waals surface area contributed by atoms with E-state index in [0.29, 0.717) is 25.0 Å². The molecule has 0 unspecified atom stereocenters. The predicted octanol–water partition coefficient (Wildman–Crippen LogP) is 1.55. The first-order valence-electron chi connectivity index (χ1n) is 7.14. The van der Waals surface area contributed by atoms with E-state index in [0.717, 1.165) is 25.7 Å². The van der Waals surface area contributed by atoms with E-state index in [1.165, 1.54) is 6.39 Å². The molecule has 20 heavy (non-hydrogen) atoms. The van der Waals surface area contributed by atoms with Crippen LogP contribution in [-0.4, -0.2) is 22.3 Å². The smallest absolute Gasteiger partial charge is 0.274 e. The number of hydrogen-bond donors (Lipinski definition) is 2. The molecule has 0 spiro atoms. The highest BCUT2D eigenvalue weighted by Crippen LogP contribution is 2.27. The van der Waals surface area contributed by atoms with E-state index in [1.54, 1.807) is 0 Å². The summed E-state index contributed by atoms with van der Waals surface area (Å²) in [7, 11) is 0. The van der Waals surface area contributed by atoms with Crippen LogP contribution in [0.15, 0.2) is 10.8 Å². The van der Waals surface area contributed by atoms with E-state index in [4.69, 9.17) is 10.2 Å². The first kappa shape index (κ1) is 14.6. The lowest BCUT2D eigenvalue weighted by Gasteiger charge is -2.30. The third kappa shape index (κ3) is 2.84. The number of oxazole rings is 1. The van der Waals surface area contributed by atoms with Crippen molar-refractivity contribution in [1.29, 1.82) is 0 Å². The fraction of sp³-hybridized carbons (Fsp3) is 0.643. The third-order valence-corrected chi connectivity index (χ3v) is 3.96. The van der Waals surface area contributed by atoms with Gasteiger partial charge in [0.15, 0.2) is 12.1 Å². The van der Waals surface area contributed by atoms with E-state index < -0.39 is 11.4 Å². The normalized spacial score (nSPS) is 18.2. The van der Waals surface area contributed by atoms with Crippen LogP contribution in [0.2, 0.25) is 0 Å². The van der Waals surface area contributed by atoms with E-state index in [2.05, 4.69) is 10.3 Å². The SMILES string of the molecule is CCc1ocnc1C(=O)NC1(C(N)=O)CCCCCC1. The summed E-state index contributed by atoms with van der Waals surface area (Å²) in [6, 6.07) is 0. The van der Waals surface area contributed by atoms with Gasteiger partial charge in [-0.2, -0.15) is 0 Å². The fourth-order valence-electron chi connectivity index (χ4n) is 2.75. The van der Waals surface area contributed by atoms with Crippen molar-refractivity contribution in [3.8, 4) is 0 Å². The van der Waals surface area contributed by atoms with E-state index in [1.807, 2.05) is 6.92 Å². The number of nitrogens with zero attached hydrogens (tertiary/aromatic N) is 1. The van der Waals surface area contributed by atoms with E-state index in [9.17, 15) is 9.59 Å². The zero-order valence-electron chi connectivity index (χ0n) is 11.8. The molecule has 1 aromatic rings. The lowest BCUT2D eigenvalue weighted by atomic mass is 9.89. The maximum Gasteiger partial charge on any atom is 0.274 e. The fourth-order valence-corrected chi connectivity index (χ4v) is 2.75. The van der Waals surface area contributed by atoms with Crippen molar-refractivity contribution >= 4 is 11.8 Å². The second kappa shape index (κ2) is 6.07. The molecule has 6 nitrogen and oxygen atoms in total. The van der Waals surface area contributed by atoms with Crippen molar-refractivity contribution in [2.24, 2.45) is 5.73 Å². The Morgan fingerprint density at radius 3 is 2.55 bits per heavy atom. The number of aryl methyl sites for hydroxylation is 1. The molecule has 0 saturated heterocycles. The van der Waals surface area contributed by atoms with Gasteiger partial charge in [0.2, 0.25) is 5.91 Å². The summed E-state index contributed by atoms with van der Waals surface area (Å²) in [4.78, 5) is 28.1. The summed E-state index contributed by atoms with van der Waals surface area (Å²) < 4.78 is 5.15. The Hall–Kier alpha value is -1.85. The molecule has 1 aromatic heterocycles. The summed E-state index contributed by atoms with van der Waals surface area (Å²) in [6.07, 6.45) is 6.92. The molecular weight excluding hydrogens is 258 g/mol. The summed E-state index contributed by atoms with van der Waals surface area (Å²) in [5, 5.41) is 2.81. The summed E-state index contributed by atoms with van der Waals surface area (Å²) in [5.41, 5.74) is 4.85. The standard InChI is InChI=1S/C14H21N3O3/c1-2-10-11(16-9-20-10)12(18)17-14(13(15)19)7-5-3-4-6-8-14/h9H,2-8H2,1H3,(H2,15,19)(H,17,18). The second-order valence-electron chi connectivity index (χ2n) is 5.29. The number of nitrogens with one attached hydrogen (secondary N) is 1. The molecule has 0 aromatic carbocycles. The lowest BCUT2D eigenvalue weighted by Crippen LogP contribution is -2.57. The van der Waals surface area contributed by atoms with Crippen LogP contribution in [0.5, 0.6) is 0 Å². The van der Waals surface area contributed by atoms with Gasteiger partial charge in [-0.25, -0.2) is 4.98 Å². The molecule has 0 atom stereocenters. The van der Waals surface area contributed by atoms with Crippen LogP contribution < -0.4 is 11.1 Å². The van der Waals surface area contributed by atoms with Gasteiger partial charge in [0.1, 0.15) is 11.3 Å². The Morgan fingerprint density at radius 1 is 1.35 bits per heavy atom. The van der Waals surface area contributed by atoms with Crippen LogP contribution in [0.3, 0.4) is 0 Å². The summed E-state index contributed by atoms with van der Waals surface area (Å²) in [6.45, 7) is 1.88. The Morgan fingerprint density at radius 2 is 2.00 bits per heavy atom. The van der Waals surface area contributed by atoms with Crippen LogP contribution in [0.25, 0.3) is 0 Å². The highest BCUT2D eigenvalue weighted by molar-refractivity contribution is 5.98. The van der Waals surface area contributed by atoms with Gasteiger partial charge in [0.25, 0.3) is 5.91 Å². The zero-order valence-corrected chi connectivity index (χ0v) is 11.8. The molecule has 1 fully saturated rings. The average molecular weight is 279 g/mol. The van der Waals surface area contributed by atoms with Crippen LogP contribution in [0.1, 0.15) is 61.7 Å². The summed E-state index contributed by atoms with van der Waals surface area (Å²) in [5.74, 6) is -0.318. The quantitative estimate of drug-likeness (QED) is 0.817. The lowest BCUT2D eigenvalue weighted by molar-refractivity contribution is -0.124. The molecule has 0 aliphatic heterocycles. The number of carbonyl (C=O) groups is 2. The minimum atomic E-state index is -0.947. The number of hydrogen-bond acceptors (Lipinski definition) is 4. The number of carbonyl (C=O) groups excluding carboxylic acids is 2. The monoisotopic (exact) mass is 279 g/mol. The molecule has 0 bridgehead atoms. The number of nitrogens with two attached hydrogens (primary N) is 1. The molecule has 2 amide bonds. The minimum absolute atomic E-state index is 0.248. The van der Waals surface area contributed by atoms with Gasteiger partial charge in [0, 0.05) is 6.42 Å². The first-order valence-corrected chi connectivity index (χ1v) is 7.14. The topological polar surface area (TPSA) is 98.2 Å². The van der Waals surface area contributed by atoms with Gasteiger partial charge < -0.3 is 15.5 Å². The Bertz CT molecular complexity index is 488. The number of primary amides is 1. The maximum absolute atomic E-state index is 12.3. The number of aromatic nitrogens is 1. The van der Waals surface area contributed by atoms with Gasteiger partial charge in [-0.1, -0.05) is 32.6 Å². The van der Waals surface area contributed by atoms with Crippen molar-refractivity contribution in [3.63, 3.8) is 0 Å². The van der Waals surface area contributed by atoms with Gasteiger partial charge >= 0.3 is 0 Å². The van der Waals surface area contributed by atoms with Crippen molar-refractivity contribution in [3.05, 3.63) is 17.8 Å². The molecule has 6 heteroatoms. The molecule has 1 aliphatic carbocycles. The molecule has 2 rings (SSSR count). The Kier molecular flexibility index (Phi) is 4.42. The van der Waals surface area contributed by atoms with Crippen LogP contribution in [0.4, 0.5) is 0 Å². The average Bonchev–Trinajstić information content (AvgIpc) is 2.78. The van der Waals surface area contributed by atoms with Gasteiger partial charge in [-0.3, -0.25) is 9.59 Å². The van der Waals surface area contributed by atoms with Crippen LogP contribution in [-0.2, 0) is 11.2 Å². The van der Waals surface area contributed by atoms with Crippen LogP contribution >= 0.6 is 0 Å². The Balaban J connectivity index is 2.19. The van der Waals surface area contributed by atoms with Crippen molar-refractivity contribution < 1.29 is 14.0 Å². The highest BCUT2D eigenvalue weighted by Gasteiger charge is 2.39. The van der Waals surface area contributed by atoms with Crippen molar-refractivity contribution in [2.75, 3.05) is 0 Å². The third-order valence-electron chi connectivity index (χ3n) is 3.96. The van der Waals surface area contributed by atoms with Crippen LogP contribution in [0, 0.1) is 0 Å². The molecule has 3 N–H and O–H groups in total. The van der Waals surface area contributed by atoms with E-state index >= 15 is 0 Å². The molecule has 1 saturated carbocycles. The molecular formula is C14H21N3O3. The summed E-state index contributed by atoms with van der Waals surface area (Å²) >= 11 is 0. The maximum atomic E-state index is 12.3. The Labute approximate surface area is 118 Å². The van der Waals surface area contributed by atoms with Crippen molar-refractivity contribution in [2.45, 2.75) is 57.4 Å². The minimum Gasteiger partial charge on any atom is -0.448 e. The van der Waals surface area contributed by atoms with Gasteiger partial charge in [-0.05, 0) is 12.8 Å². The molecule has 0 radical (unpaired) electrons. The predicted molar refractivity (Wildman–Crippen MR) is 73.0 cm³/mol. The number of rotatable bonds is 4. The number of amides is 2. The molecule has 1 aliphatic rings. The van der Waals surface area contributed by atoms with Crippen molar-refractivity contribution in [1.82, 2.24) is 10.3 Å². The molecule has 1 heterocycles. The van der Waals surface area contributed by atoms with Gasteiger partial charge in [-0.15, -0.1) is 0 Å².